The fourth-order valence-electron chi connectivity index (χ4n) is 1.59. The highest BCUT2D eigenvalue weighted by molar-refractivity contribution is 5.62. The van der Waals surface area contributed by atoms with Gasteiger partial charge < -0.3 is 15.5 Å². The van der Waals surface area contributed by atoms with Gasteiger partial charge in [-0.1, -0.05) is 6.92 Å². The molecule has 0 bridgehead atoms. The second kappa shape index (κ2) is 6.33. The predicted octanol–water partition coefficient (Wildman–Crippen LogP) is 1.44. The molecule has 4 nitrogen and oxygen atoms in total. The van der Waals surface area contributed by atoms with Crippen LogP contribution in [-0.4, -0.2) is 43.6 Å². The van der Waals surface area contributed by atoms with Crippen molar-refractivity contribution in [3.8, 4) is 0 Å². The van der Waals surface area contributed by atoms with E-state index in [1.54, 1.807) is 6.20 Å². The molecule has 16 heavy (non-hydrogen) atoms. The zero-order valence-electron chi connectivity index (χ0n) is 10.5. The summed E-state index contributed by atoms with van der Waals surface area (Å²) < 4.78 is 0. The van der Waals surface area contributed by atoms with Gasteiger partial charge in [-0.15, -0.1) is 0 Å². The van der Waals surface area contributed by atoms with E-state index < -0.39 is 0 Å². The van der Waals surface area contributed by atoms with Crippen LogP contribution in [0.5, 0.6) is 0 Å². The molecule has 2 N–H and O–H groups in total. The minimum absolute atomic E-state index is 0.759. The van der Waals surface area contributed by atoms with E-state index in [9.17, 15) is 0 Å². The Labute approximate surface area is 98.1 Å². The lowest BCUT2D eigenvalue weighted by atomic mass is 10.3. The Morgan fingerprint density at radius 2 is 2.00 bits per heavy atom. The summed E-state index contributed by atoms with van der Waals surface area (Å²) >= 11 is 0. The molecular formula is C12H22N4. The van der Waals surface area contributed by atoms with Crippen molar-refractivity contribution in [3.63, 3.8) is 0 Å². The van der Waals surface area contributed by atoms with Crippen molar-refractivity contribution in [1.29, 1.82) is 0 Å². The predicted molar refractivity (Wildman–Crippen MR) is 69.7 cm³/mol. The van der Waals surface area contributed by atoms with Crippen LogP contribution >= 0.6 is 0 Å². The molecule has 0 saturated carbocycles. The van der Waals surface area contributed by atoms with Crippen molar-refractivity contribution >= 4 is 11.5 Å². The van der Waals surface area contributed by atoms with Crippen molar-refractivity contribution in [1.82, 2.24) is 9.88 Å². The van der Waals surface area contributed by atoms with E-state index in [0.717, 1.165) is 37.6 Å². The summed E-state index contributed by atoms with van der Waals surface area (Å²) in [7, 11) is 4.15. The summed E-state index contributed by atoms with van der Waals surface area (Å²) in [5.74, 6) is 0.909. The van der Waals surface area contributed by atoms with E-state index in [-0.39, 0.29) is 0 Å². The van der Waals surface area contributed by atoms with E-state index in [1.165, 1.54) is 0 Å². The molecule has 0 unspecified atom stereocenters. The standard InChI is InChI=1S/C12H22N4/c1-4-8-16(10-9-15(2)3)12-11(13)6-5-7-14-12/h5-7H,4,8-10,13H2,1-3H3. The number of aromatic nitrogens is 1. The number of hydrogen-bond acceptors (Lipinski definition) is 4. The van der Waals surface area contributed by atoms with Crippen molar-refractivity contribution in [3.05, 3.63) is 18.3 Å². The average molecular weight is 222 g/mol. The zero-order chi connectivity index (χ0) is 12.0. The smallest absolute Gasteiger partial charge is 0.151 e. The van der Waals surface area contributed by atoms with Gasteiger partial charge in [-0.05, 0) is 32.6 Å². The van der Waals surface area contributed by atoms with Crippen molar-refractivity contribution < 1.29 is 0 Å². The number of likely N-dealkylation sites (N-methyl/N-ethyl adjacent to an activating group) is 1. The molecular weight excluding hydrogens is 200 g/mol. The van der Waals surface area contributed by atoms with Crippen LogP contribution in [0, 0.1) is 0 Å². The highest BCUT2D eigenvalue weighted by Gasteiger charge is 2.09. The number of hydrogen-bond donors (Lipinski definition) is 1. The maximum Gasteiger partial charge on any atom is 0.151 e. The first-order valence-corrected chi connectivity index (χ1v) is 5.75. The molecule has 90 valence electrons. The first-order chi connectivity index (χ1) is 7.65. The first kappa shape index (κ1) is 12.8. The Morgan fingerprint density at radius 3 is 2.56 bits per heavy atom. The molecule has 1 heterocycles. The maximum absolute atomic E-state index is 5.94. The normalized spacial score (nSPS) is 10.8. The fraction of sp³-hybridized carbons (Fsp3) is 0.583. The Morgan fingerprint density at radius 1 is 1.25 bits per heavy atom. The molecule has 0 aliphatic carbocycles. The highest BCUT2D eigenvalue weighted by Crippen LogP contribution is 2.18. The lowest BCUT2D eigenvalue weighted by Crippen LogP contribution is -2.33. The van der Waals surface area contributed by atoms with Crippen LogP contribution in [0.3, 0.4) is 0 Å². The van der Waals surface area contributed by atoms with Crippen LogP contribution in [0.1, 0.15) is 13.3 Å². The third-order valence-electron chi connectivity index (χ3n) is 2.43. The fourth-order valence-corrected chi connectivity index (χ4v) is 1.59. The molecule has 0 saturated heterocycles. The summed E-state index contributed by atoms with van der Waals surface area (Å²) in [5, 5.41) is 0. The van der Waals surface area contributed by atoms with Crippen LogP contribution in [0.15, 0.2) is 18.3 Å². The van der Waals surface area contributed by atoms with Gasteiger partial charge in [0.2, 0.25) is 0 Å². The molecule has 1 aromatic heterocycles. The molecule has 0 fully saturated rings. The van der Waals surface area contributed by atoms with Gasteiger partial charge in [0.25, 0.3) is 0 Å². The van der Waals surface area contributed by atoms with Gasteiger partial charge in [0.15, 0.2) is 5.82 Å². The lowest BCUT2D eigenvalue weighted by Gasteiger charge is -2.25. The number of nitrogens with zero attached hydrogens (tertiary/aromatic N) is 3. The van der Waals surface area contributed by atoms with Gasteiger partial charge in [-0.2, -0.15) is 0 Å². The van der Waals surface area contributed by atoms with E-state index in [4.69, 9.17) is 5.73 Å². The largest absolute Gasteiger partial charge is 0.396 e. The zero-order valence-corrected chi connectivity index (χ0v) is 10.5. The van der Waals surface area contributed by atoms with Crippen LogP contribution in [0.4, 0.5) is 11.5 Å². The van der Waals surface area contributed by atoms with Crippen LogP contribution in [0.2, 0.25) is 0 Å². The summed E-state index contributed by atoms with van der Waals surface area (Å²) in [6.07, 6.45) is 2.90. The molecule has 1 rings (SSSR count). The number of rotatable bonds is 6. The van der Waals surface area contributed by atoms with Crippen molar-refractivity contribution in [2.75, 3.05) is 44.4 Å². The SMILES string of the molecule is CCCN(CCN(C)C)c1ncccc1N. The molecule has 0 aliphatic heterocycles. The molecule has 0 aromatic carbocycles. The van der Waals surface area contributed by atoms with Gasteiger partial charge in [0.05, 0.1) is 5.69 Å². The third kappa shape index (κ3) is 3.70. The monoisotopic (exact) mass is 222 g/mol. The van der Waals surface area contributed by atoms with Crippen LogP contribution < -0.4 is 10.6 Å². The summed E-state index contributed by atoms with van der Waals surface area (Å²) in [4.78, 5) is 8.77. The van der Waals surface area contributed by atoms with E-state index in [0.29, 0.717) is 0 Å². The maximum atomic E-state index is 5.94. The number of anilines is 2. The third-order valence-corrected chi connectivity index (χ3v) is 2.43. The van der Waals surface area contributed by atoms with Crippen molar-refractivity contribution in [2.24, 2.45) is 0 Å². The summed E-state index contributed by atoms with van der Waals surface area (Å²) in [5.41, 5.74) is 6.70. The minimum atomic E-state index is 0.759. The van der Waals surface area contributed by atoms with Crippen molar-refractivity contribution in [2.45, 2.75) is 13.3 Å². The molecule has 1 aromatic rings. The average Bonchev–Trinajstić information content (AvgIpc) is 2.25. The van der Waals surface area contributed by atoms with Gasteiger partial charge in [0.1, 0.15) is 0 Å². The molecule has 0 atom stereocenters. The number of pyridine rings is 1. The second-order valence-electron chi connectivity index (χ2n) is 4.21. The van der Waals surface area contributed by atoms with Crippen LogP contribution in [-0.2, 0) is 0 Å². The Balaban J connectivity index is 2.73. The van der Waals surface area contributed by atoms with E-state index >= 15 is 0 Å². The summed E-state index contributed by atoms with van der Waals surface area (Å²) in [6.45, 7) is 5.13. The Kier molecular flexibility index (Phi) is 5.05. The number of nitrogens with two attached hydrogens (primary N) is 1. The topological polar surface area (TPSA) is 45.4 Å². The van der Waals surface area contributed by atoms with Gasteiger partial charge in [-0.3, -0.25) is 0 Å². The minimum Gasteiger partial charge on any atom is -0.396 e. The van der Waals surface area contributed by atoms with Gasteiger partial charge in [0, 0.05) is 25.8 Å². The van der Waals surface area contributed by atoms with Gasteiger partial charge >= 0.3 is 0 Å². The Hall–Kier alpha value is -1.29. The second-order valence-corrected chi connectivity index (χ2v) is 4.21. The number of nitrogen functional groups attached to an aromatic ring is 1. The summed E-state index contributed by atoms with van der Waals surface area (Å²) in [6, 6.07) is 3.77. The first-order valence-electron chi connectivity index (χ1n) is 5.75. The van der Waals surface area contributed by atoms with E-state index in [1.807, 2.05) is 12.1 Å². The molecule has 0 spiro atoms. The quantitative estimate of drug-likeness (QED) is 0.791. The molecule has 0 amide bonds. The highest BCUT2D eigenvalue weighted by atomic mass is 15.2. The lowest BCUT2D eigenvalue weighted by molar-refractivity contribution is 0.412. The van der Waals surface area contributed by atoms with Gasteiger partial charge in [-0.25, -0.2) is 4.98 Å². The van der Waals surface area contributed by atoms with Crippen LogP contribution in [0.25, 0.3) is 0 Å². The molecule has 4 heteroatoms. The molecule has 0 aliphatic rings. The van der Waals surface area contributed by atoms with E-state index in [2.05, 4.69) is 35.8 Å². The molecule has 0 radical (unpaired) electrons. The Bertz CT molecular complexity index is 312.